The van der Waals surface area contributed by atoms with E-state index < -0.39 is 17.9 Å². The van der Waals surface area contributed by atoms with Gasteiger partial charge in [0, 0.05) is 18.5 Å². The van der Waals surface area contributed by atoms with Crippen molar-refractivity contribution in [1.82, 2.24) is 4.98 Å². The fourth-order valence-corrected chi connectivity index (χ4v) is 2.83. The summed E-state index contributed by atoms with van der Waals surface area (Å²) in [4.78, 5) is 50.0. The van der Waals surface area contributed by atoms with Gasteiger partial charge in [-0.1, -0.05) is 0 Å². The molecule has 0 bridgehead atoms. The lowest BCUT2D eigenvalue weighted by Gasteiger charge is -2.07. The number of rotatable bonds is 12. The van der Waals surface area contributed by atoms with Crippen molar-refractivity contribution in [2.75, 3.05) is 19.8 Å². The van der Waals surface area contributed by atoms with Crippen LogP contribution in [0.1, 0.15) is 60.9 Å². The highest BCUT2D eigenvalue weighted by Crippen LogP contribution is 2.24. The molecular formula is C21H26N2O7. The van der Waals surface area contributed by atoms with Crippen molar-refractivity contribution < 1.29 is 33.4 Å². The van der Waals surface area contributed by atoms with E-state index >= 15 is 0 Å². The quantitative estimate of drug-likeness (QED) is 0.180. The Labute approximate surface area is 175 Å². The lowest BCUT2D eigenvalue weighted by Crippen LogP contribution is -2.09. The van der Waals surface area contributed by atoms with Crippen LogP contribution in [0, 0.1) is 11.3 Å². The maximum atomic E-state index is 12.0. The Bertz CT molecular complexity index is 846. The summed E-state index contributed by atoms with van der Waals surface area (Å²) in [7, 11) is 0. The van der Waals surface area contributed by atoms with Crippen LogP contribution in [0.2, 0.25) is 0 Å². The molecule has 9 heteroatoms. The normalized spacial score (nSPS) is 10.8. The number of carbonyl (C=O) groups is 4. The summed E-state index contributed by atoms with van der Waals surface area (Å²) in [5.41, 5.74) is 1.33. The molecule has 1 aromatic heterocycles. The second kappa shape index (κ2) is 12.9. The third kappa shape index (κ3) is 7.20. The third-order valence-electron chi connectivity index (χ3n) is 4.08. The van der Waals surface area contributed by atoms with E-state index in [1.54, 1.807) is 26.8 Å². The molecule has 0 aliphatic carbocycles. The molecule has 0 saturated heterocycles. The average Bonchev–Trinajstić information content (AvgIpc) is 3.05. The van der Waals surface area contributed by atoms with Gasteiger partial charge in [0.05, 0.1) is 25.5 Å². The van der Waals surface area contributed by atoms with Crippen LogP contribution in [0.5, 0.6) is 0 Å². The maximum absolute atomic E-state index is 12.0. The van der Waals surface area contributed by atoms with Crippen LogP contribution in [0.4, 0.5) is 0 Å². The largest absolute Gasteiger partial charge is 0.466 e. The number of aromatic amines is 1. The SMILES string of the molecule is CCOC(=O)CCc1c(C=O)[nH]c(C=C(C#N)C(=O)OCC)c1CCC(=O)OCC. The molecule has 0 amide bonds. The molecule has 0 fully saturated rings. The molecule has 1 heterocycles. The zero-order valence-corrected chi connectivity index (χ0v) is 17.4. The first-order valence-corrected chi connectivity index (χ1v) is 9.70. The lowest BCUT2D eigenvalue weighted by atomic mass is 9.98. The molecule has 1 aromatic rings. The fraction of sp³-hybridized carbons (Fsp3) is 0.476. The number of hydrogen-bond acceptors (Lipinski definition) is 8. The van der Waals surface area contributed by atoms with Crippen molar-refractivity contribution in [3.63, 3.8) is 0 Å². The highest BCUT2D eigenvalue weighted by molar-refractivity contribution is 5.98. The molecule has 162 valence electrons. The average molecular weight is 418 g/mol. The topological polar surface area (TPSA) is 136 Å². The van der Waals surface area contributed by atoms with Gasteiger partial charge in [0.25, 0.3) is 0 Å². The Balaban J connectivity index is 3.35. The summed E-state index contributed by atoms with van der Waals surface area (Å²) in [5, 5.41) is 9.29. The van der Waals surface area contributed by atoms with Gasteiger partial charge in [0.15, 0.2) is 6.29 Å². The molecule has 0 aliphatic heterocycles. The smallest absolute Gasteiger partial charge is 0.348 e. The van der Waals surface area contributed by atoms with Crippen LogP contribution < -0.4 is 0 Å². The lowest BCUT2D eigenvalue weighted by molar-refractivity contribution is -0.144. The second-order valence-corrected chi connectivity index (χ2v) is 6.03. The summed E-state index contributed by atoms with van der Waals surface area (Å²) in [5.74, 6) is -1.65. The van der Waals surface area contributed by atoms with Gasteiger partial charge in [0.1, 0.15) is 11.6 Å². The van der Waals surface area contributed by atoms with Gasteiger partial charge < -0.3 is 19.2 Å². The van der Waals surface area contributed by atoms with E-state index in [1.165, 1.54) is 6.08 Å². The predicted molar refractivity (Wildman–Crippen MR) is 106 cm³/mol. The van der Waals surface area contributed by atoms with Crippen LogP contribution in [-0.2, 0) is 41.4 Å². The predicted octanol–water partition coefficient (Wildman–Crippen LogP) is 2.29. The summed E-state index contributed by atoms with van der Waals surface area (Å²) < 4.78 is 14.7. The number of nitrogens with zero attached hydrogens (tertiary/aromatic N) is 1. The Morgan fingerprint density at radius 2 is 1.40 bits per heavy atom. The minimum absolute atomic E-state index is 0.0263. The van der Waals surface area contributed by atoms with Crippen LogP contribution in [0.25, 0.3) is 6.08 Å². The van der Waals surface area contributed by atoms with E-state index in [2.05, 4.69) is 4.98 Å². The highest BCUT2D eigenvalue weighted by Gasteiger charge is 2.20. The van der Waals surface area contributed by atoms with E-state index in [0.29, 0.717) is 23.1 Å². The molecule has 0 aromatic carbocycles. The molecule has 0 unspecified atom stereocenters. The van der Waals surface area contributed by atoms with E-state index in [-0.39, 0.29) is 56.8 Å². The third-order valence-corrected chi connectivity index (χ3v) is 4.08. The Hall–Kier alpha value is -3.41. The molecule has 0 atom stereocenters. The molecule has 0 aliphatic rings. The van der Waals surface area contributed by atoms with Crippen molar-refractivity contribution in [3.05, 3.63) is 28.1 Å². The van der Waals surface area contributed by atoms with E-state index in [0.717, 1.165) is 0 Å². The number of nitriles is 1. The molecule has 0 spiro atoms. The van der Waals surface area contributed by atoms with Crippen LogP contribution in [0.3, 0.4) is 0 Å². The number of hydrogen-bond donors (Lipinski definition) is 1. The first-order chi connectivity index (χ1) is 14.4. The number of ether oxygens (including phenoxy) is 3. The van der Waals surface area contributed by atoms with Crippen molar-refractivity contribution in [2.45, 2.75) is 46.5 Å². The first kappa shape index (κ1) is 24.6. The van der Waals surface area contributed by atoms with Gasteiger partial charge in [-0.25, -0.2) is 4.79 Å². The number of aldehydes is 1. The second-order valence-electron chi connectivity index (χ2n) is 6.03. The number of nitrogens with one attached hydrogen (secondary N) is 1. The summed E-state index contributed by atoms with van der Waals surface area (Å²) in [6.45, 7) is 5.57. The number of H-pyrrole nitrogens is 1. The summed E-state index contributed by atoms with van der Waals surface area (Å²) >= 11 is 0. The number of esters is 3. The van der Waals surface area contributed by atoms with Gasteiger partial charge in [0.2, 0.25) is 0 Å². The molecule has 30 heavy (non-hydrogen) atoms. The monoisotopic (exact) mass is 418 g/mol. The zero-order chi connectivity index (χ0) is 22.5. The number of carbonyl (C=O) groups excluding carboxylic acids is 4. The fourth-order valence-electron chi connectivity index (χ4n) is 2.83. The van der Waals surface area contributed by atoms with E-state index in [9.17, 15) is 24.4 Å². The molecule has 1 rings (SSSR count). The van der Waals surface area contributed by atoms with Crippen LogP contribution in [0.15, 0.2) is 5.57 Å². The molecule has 9 nitrogen and oxygen atoms in total. The van der Waals surface area contributed by atoms with Crippen molar-refractivity contribution >= 4 is 30.3 Å². The minimum atomic E-state index is -0.799. The van der Waals surface area contributed by atoms with Crippen molar-refractivity contribution in [1.29, 1.82) is 5.26 Å². The van der Waals surface area contributed by atoms with Gasteiger partial charge in [-0.3, -0.25) is 14.4 Å². The Morgan fingerprint density at radius 1 is 0.900 bits per heavy atom. The van der Waals surface area contributed by atoms with Crippen molar-refractivity contribution in [3.8, 4) is 6.07 Å². The van der Waals surface area contributed by atoms with Crippen molar-refractivity contribution in [2.24, 2.45) is 0 Å². The summed E-state index contributed by atoms with van der Waals surface area (Å²) in [6, 6.07) is 1.77. The minimum Gasteiger partial charge on any atom is -0.466 e. The van der Waals surface area contributed by atoms with Crippen LogP contribution >= 0.6 is 0 Å². The maximum Gasteiger partial charge on any atom is 0.348 e. The molecule has 0 saturated carbocycles. The number of aromatic nitrogens is 1. The standard InChI is InChI=1S/C21H26N2O7/c1-4-28-19(25)9-7-15-16(8-10-20(26)29-5-2)18(13-24)23-17(15)11-14(12-22)21(27)30-6-3/h11,13,23H,4-10H2,1-3H3. The Kier molecular flexibility index (Phi) is 10.6. The van der Waals surface area contributed by atoms with Gasteiger partial charge in [-0.15, -0.1) is 0 Å². The first-order valence-electron chi connectivity index (χ1n) is 9.70. The van der Waals surface area contributed by atoms with E-state index in [1.807, 2.05) is 0 Å². The van der Waals surface area contributed by atoms with Gasteiger partial charge in [-0.2, -0.15) is 5.26 Å². The van der Waals surface area contributed by atoms with E-state index in [4.69, 9.17) is 14.2 Å². The zero-order valence-electron chi connectivity index (χ0n) is 17.4. The van der Waals surface area contributed by atoms with Gasteiger partial charge >= 0.3 is 17.9 Å². The highest BCUT2D eigenvalue weighted by atomic mass is 16.5. The molecular weight excluding hydrogens is 392 g/mol. The molecule has 0 radical (unpaired) electrons. The van der Waals surface area contributed by atoms with Crippen LogP contribution in [-0.4, -0.2) is 49.0 Å². The van der Waals surface area contributed by atoms with Gasteiger partial charge in [-0.05, 0) is 50.8 Å². The molecule has 1 N–H and O–H groups in total. The Morgan fingerprint density at radius 3 is 1.83 bits per heavy atom. The summed E-state index contributed by atoms with van der Waals surface area (Å²) in [6.07, 6.45) is 2.30.